The van der Waals surface area contributed by atoms with Crippen molar-refractivity contribution in [2.24, 2.45) is 11.8 Å². The third kappa shape index (κ3) is 4.47. The number of unbranched alkanes of at least 4 members (excludes halogenated alkanes) is 1. The third-order valence-electron chi connectivity index (χ3n) is 8.54. The lowest BCUT2D eigenvalue weighted by Crippen LogP contribution is -2.56. The molecule has 0 aliphatic carbocycles. The minimum absolute atomic E-state index is 0.0215. The molecule has 4 heterocycles. The quantitative estimate of drug-likeness (QED) is 0.399. The molecule has 1 aromatic carbocycles. The van der Waals surface area contributed by atoms with Gasteiger partial charge in [0.25, 0.3) is 0 Å². The van der Waals surface area contributed by atoms with Crippen LogP contribution in [0.5, 0.6) is 0 Å². The second-order valence-electron chi connectivity index (χ2n) is 11.0. The number of carbonyl (C=O) groups is 3. The summed E-state index contributed by atoms with van der Waals surface area (Å²) < 4.78 is 6.69. The van der Waals surface area contributed by atoms with Crippen molar-refractivity contribution < 1.29 is 24.2 Å². The van der Waals surface area contributed by atoms with Crippen LogP contribution < -0.4 is 0 Å². The molecule has 38 heavy (non-hydrogen) atoms. The maximum absolute atomic E-state index is 14.2. The van der Waals surface area contributed by atoms with Crippen molar-refractivity contribution in [1.29, 1.82) is 0 Å². The Bertz CT molecular complexity index is 1100. The van der Waals surface area contributed by atoms with Crippen LogP contribution in [0.3, 0.4) is 0 Å². The van der Waals surface area contributed by atoms with Gasteiger partial charge in [0.05, 0.1) is 17.9 Å². The predicted molar refractivity (Wildman–Crippen MR) is 143 cm³/mol. The molecule has 2 fully saturated rings. The molecule has 0 bridgehead atoms. The topological polar surface area (TPSA) is 90.4 Å². The Morgan fingerprint density at radius 2 is 1.84 bits per heavy atom. The molecule has 0 saturated carbocycles. The van der Waals surface area contributed by atoms with E-state index in [1.165, 1.54) is 0 Å². The average Bonchev–Trinajstić information content (AvgIpc) is 3.22. The number of likely N-dealkylation sites (tertiary alicyclic amines) is 1. The molecular weight excluding hydrogens is 482 g/mol. The summed E-state index contributed by atoms with van der Waals surface area (Å²) in [6.07, 6.45) is 10.0. The monoisotopic (exact) mass is 521 g/mol. The zero-order valence-corrected chi connectivity index (χ0v) is 22.4. The first-order chi connectivity index (χ1) is 18.4. The molecule has 8 nitrogen and oxygen atoms in total. The van der Waals surface area contributed by atoms with E-state index in [4.69, 9.17) is 4.74 Å². The van der Waals surface area contributed by atoms with Crippen LogP contribution >= 0.6 is 0 Å². The Labute approximate surface area is 224 Å². The van der Waals surface area contributed by atoms with Crippen LogP contribution in [-0.4, -0.2) is 87.6 Å². The maximum atomic E-state index is 14.2. The van der Waals surface area contributed by atoms with Gasteiger partial charge in [0.2, 0.25) is 17.7 Å². The number of fused-ring (bicyclic) bond motifs is 2. The number of amides is 3. The van der Waals surface area contributed by atoms with E-state index in [0.29, 0.717) is 39.0 Å². The number of ether oxygens (including phenoxy) is 1. The Morgan fingerprint density at radius 3 is 2.58 bits per heavy atom. The van der Waals surface area contributed by atoms with E-state index in [-0.39, 0.29) is 30.4 Å². The van der Waals surface area contributed by atoms with Crippen LogP contribution in [0, 0.1) is 11.8 Å². The molecule has 204 valence electrons. The van der Waals surface area contributed by atoms with Crippen LogP contribution in [-0.2, 0) is 25.7 Å². The minimum atomic E-state index is -1.20. The van der Waals surface area contributed by atoms with Crippen LogP contribution in [0.15, 0.2) is 54.6 Å². The molecule has 8 heteroatoms. The highest BCUT2D eigenvalue weighted by atomic mass is 16.5. The first kappa shape index (κ1) is 26.6. The molecule has 5 rings (SSSR count). The van der Waals surface area contributed by atoms with E-state index in [2.05, 4.69) is 6.92 Å². The van der Waals surface area contributed by atoms with Gasteiger partial charge in [0, 0.05) is 38.8 Å². The molecule has 1 spiro atoms. The summed E-state index contributed by atoms with van der Waals surface area (Å²) in [6.45, 7) is 5.85. The highest BCUT2D eigenvalue weighted by Crippen LogP contribution is 2.53. The van der Waals surface area contributed by atoms with Gasteiger partial charge in [-0.1, -0.05) is 68.0 Å². The molecule has 0 aromatic heterocycles. The molecule has 1 N–H and O–H groups in total. The van der Waals surface area contributed by atoms with Gasteiger partial charge in [-0.2, -0.15) is 0 Å². The van der Waals surface area contributed by atoms with Crippen LogP contribution in [0.25, 0.3) is 0 Å². The first-order valence-electron chi connectivity index (χ1n) is 14.0. The van der Waals surface area contributed by atoms with Gasteiger partial charge in [-0.05, 0) is 31.7 Å². The van der Waals surface area contributed by atoms with Gasteiger partial charge in [0.1, 0.15) is 11.6 Å². The summed E-state index contributed by atoms with van der Waals surface area (Å²) in [7, 11) is 0. The molecule has 3 amide bonds. The van der Waals surface area contributed by atoms with Crippen LogP contribution in [0.2, 0.25) is 0 Å². The van der Waals surface area contributed by atoms with Crippen molar-refractivity contribution in [2.45, 2.75) is 69.9 Å². The molecule has 4 aliphatic rings. The van der Waals surface area contributed by atoms with Crippen molar-refractivity contribution in [3.8, 4) is 0 Å². The number of aliphatic hydroxyl groups excluding tert-OH is 1. The number of aliphatic hydroxyl groups is 1. The van der Waals surface area contributed by atoms with E-state index < -0.39 is 29.6 Å². The number of nitrogens with zero attached hydrogens (tertiary/aromatic N) is 3. The first-order valence-corrected chi connectivity index (χ1v) is 14.0. The summed E-state index contributed by atoms with van der Waals surface area (Å²) in [4.78, 5) is 47.7. The largest absolute Gasteiger partial charge is 0.396 e. The molecule has 4 aliphatic heterocycles. The standard InChI is InChI=1S/C30H39N3O5/c1-3-11-21(2)32-18-10-15-30-25(28(36)33(17-7-8-19-34)26(30)29(32)37)24-23(38-30)14-9-16-31(27(24)35)20-22-12-5-4-6-13-22/h4-6,9-10,12-15,21,23-26,34H,3,7-8,11,16-20H2,1-2H3/t21?,23-,24+,25-,26?,30-/m0/s1. The summed E-state index contributed by atoms with van der Waals surface area (Å²) in [6, 6.07) is 9.03. The molecule has 2 unspecified atom stereocenters. The number of hydrogen-bond acceptors (Lipinski definition) is 5. The smallest absolute Gasteiger partial charge is 0.249 e. The van der Waals surface area contributed by atoms with Crippen LogP contribution in [0.1, 0.15) is 45.1 Å². The van der Waals surface area contributed by atoms with E-state index in [9.17, 15) is 19.5 Å². The molecule has 1 aromatic rings. The molecule has 0 radical (unpaired) electrons. The number of benzene rings is 1. The normalized spacial score (nSPS) is 31.2. The van der Waals surface area contributed by atoms with Crippen molar-refractivity contribution in [1.82, 2.24) is 14.7 Å². The van der Waals surface area contributed by atoms with Crippen LogP contribution in [0.4, 0.5) is 0 Å². The average molecular weight is 522 g/mol. The summed E-state index contributed by atoms with van der Waals surface area (Å²) in [5.41, 5.74) is -0.174. The second-order valence-corrected chi connectivity index (χ2v) is 11.0. The van der Waals surface area contributed by atoms with E-state index in [1.807, 2.05) is 66.5 Å². The Hall–Kier alpha value is -2.97. The van der Waals surface area contributed by atoms with Crippen molar-refractivity contribution in [3.05, 3.63) is 60.2 Å². The summed E-state index contributed by atoms with van der Waals surface area (Å²) in [5.74, 6) is -1.91. The molecule has 2 saturated heterocycles. The predicted octanol–water partition coefficient (Wildman–Crippen LogP) is 2.53. The van der Waals surface area contributed by atoms with E-state index in [0.717, 1.165) is 18.4 Å². The van der Waals surface area contributed by atoms with Crippen molar-refractivity contribution >= 4 is 17.7 Å². The second kappa shape index (κ2) is 11.0. The highest BCUT2D eigenvalue weighted by Gasteiger charge is 2.71. The van der Waals surface area contributed by atoms with Crippen molar-refractivity contribution in [2.75, 3.05) is 26.2 Å². The fraction of sp³-hybridized carbons (Fsp3) is 0.567. The third-order valence-corrected chi connectivity index (χ3v) is 8.54. The minimum Gasteiger partial charge on any atom is -0.396 e. The Morgan fingerprint density at radius 1 is 1.05 bits per heavy atom. The zero-order chi connectivity index (χ0) is 26.9. The Balaban J connectivity index is 1.52. The van der Waals surface area contributed by atoms with E-state index in [1.54, 1.807) is 9.80 Å². The maximum Gasteiger partial charge on any atom is 0.249 e. The lowest BCUT2D eigenvalue weighted by molar-refractivity contribution is -0.149. The van der Waals surface area contributed by atoms with Gasteiger partial charge in [-0.15, -0.1) is 0 Å². The fourth-order valence-corrected chi connectivity index (χ4v) is 6.76. The van der Waals surface area contributed by atoms with Gasteiger partial charge in [-0.25, -0.2) is 0 Å². The van der Waals surface area contributed by atoms with Crippen molar-refractivity contribution in [3.63, 3.8) is 0 Å². The number of rotatable bonds is 9. The summed E-state index contributed by atoms with van der Waals surface area (Å²) in [5, 5.41) is 9.37. The number of carbonyl (C=O) groups excluding carboxylic acids is 3. The summed E-state index contributed by atoms with van der Waals surface area (Å²) >= 11 is 0. The van der Waals surface area contributed by atoms with Gasteiger partial charge in [-0.3, -0.25) is 14.4 Å². The number of hydrogen-bond donors (Lipinski definition) is 1. The van der Waals surface area contributed by atoms with Gasteiger partial charge >= 0.3 is 0 Å². The SMILES string of the molecule is CCCC(C)N1CC=C[C@]23O[C@H]4C=CCN(Cc5ccccc5)C(=O)[C@H]4[C@H]2C(=O)N(CCCCO)C3C1=O. The molecule has 6 atom stereocenters. The lowest BCUT2D eigenvalue weighted by atomic mass is 9.77. The zero-order valence-electron chi connectivity index (χ0n) is 22.4. The molecular formula is C30H39N3O5. The van der Waals surface area contributed by atoms with Gasteiger partial charge < -0.3 is 24.5 Å². The van der Waals surface area contributed by atoms with E-state index >= 15 is 0 Å². The Kier molecular flexibility index (Phi) is 7.73. The van der Waals surface area contributed by atoms with Gasteiger partial charge in [0.15, 0.2) is 0 Å². The fourth-order valence-electron chi connectivity index (χ4n) is 6.76. The lowest BCUT2D eigenvalue weighted by Gasteiger charge is -2.37. The highest BCUT2D eigenvalue weighted by molar-refractivity contribution is 5.99.